The lowest BCUT2D eigenvalue weighted by Crippen LogP contribution is -2.13. The summed E-state index contributed by atoms with van der Waals surface area (Å²) in [5, 5.41) is 13.6. The minimum absolute atomic E-state index is 0.310. The van der Waals surface area contributed by atoms with E-state index in [2.05, 4.69) is 10.6 Å². The minimum Gasteiger partial charge on any atom is -0.465 e. The van der Waals surface area contributed by atoms with E-state index in [-0.39, 0.29) is 5.82 Å². The fraction of sp³-hybridized carbons (Fsp3) is 0.0476. The van der Waals surface area contributed by atoms with Crippen molar-refractivity contribution in [2.45, 2.75) is 6.92 Å². The molecule has 0 aliphatic heterocycles. The molecule has 0 radical (unpaired) electrons. The fourth-order valence-corrected chi connectivity index (χ4v) is 2.64. The van der Waals surface area contributed by atoms with Crippen LogP contribution in [0.5, 0.6) is 0 Å². The smallest absolute Gasteiger partial charge is 0.409 e. The van der Waals surface area contributed by atoms with E-state index >= 15 is 0 Å². The van der Waals surface area contributed by atoms with Gasteiger partial charge in [0.05, 0.1) is 11.4 Å². The Morgan fingerprint density at radius 2 is 1.57 bits per heavy atom. The molecule has 0 aromatic heterocycles. The first kappa shape index (κ1) is 18.9. The lowest BCUT2D eigenvalue weighted by Gasteiger charge is -2.11. The van der Waals surface area contributed by atoms with Crippen molar-refractivity contribution in [3.8, 4) is 11.1 Å². The summed E-state index contributed by atoms with van der Waals surface area (Å²) in [4.78, 5) is 23.1. The van der Waals surface area contributed by atoms with Crippen molar-refractivity contribution in [2.75, 3.05) is 16.4 Å². The Morgan fingerprint density at radius 1 is 0.929 bits per heavy atom. The lowest BCUT2D eigenvalue weighted by atomic mass is 10.0. The van der Waals surface area contributed by atoms with Gasteiger partial charge in [0.25, 0.3) is 5.91 Å². The first-order valence-electron chi connectivity index (χ1n) is 8.41. The Hall–Kier alpha value is -3.87. The third-order valence-electron chi connectivity index (χ3n) is 4.21. The van der Waals surface area contributed by atoms with Gasteiger partial charge in [0.2, 0.25) is 0 Å². The molecule has 142 valence electrons. The zero-order valence-corrected chi connectivity index (χ0v) is 15.0. The fourth-order valence-electron chi connectivity index (χ4n) is 2.64. The molecule has 0 aliphatic carbocycles. The normalized spacial score (nSPS) is 10.4. The maximum atomic E-state index is 13.9. The highest BCUT2D eigenvalue weighted by Gasteiger charge is 2.11. The second kappa shape index (κ2) is 7.79. The highest BCUT2D eigenvalue weighted by Crippen LogP contribution is 2.28. The van der Waals surface area contributed by atoms with Crippen LogP contribution in [0.1, 0.15) is 15.9 Å². The molecule has 0 fully saturated rings. The number of aryl methyl sites for hydroxylation is 1. The third kappa shape index (κ3) is 4.27. The van der Waals surface area contributed by atoms with Crippen LogP contribution in [-0.4, -0.2) is 17.1 Å². The molecule has 0 atom stereocenters. The number of carbonyl (C=O) groups is 2. The Morgan fingerprint density at radius 3 is 2.21 bits per heavy atom. The molecule has 7 heteroatoms. The maximum absolute atomic E-state index is 13.9. The number of hydrogen-bond donors (Lipinski definition) is 4. The Labute approximate surface area is 160 Å². The van der Waals surface area contributed by atoms with Gasteiger partial charge in [0.15, 0.2) is 0 Å². The number of hydrogen-bond acceptors (Lipinski definition) is 3. The van der Waals surface area contributed by atoms with E-state index in [1.807, 2.05) is 0 Å². The molecule has 0 heterocycles. The van der Waals surface area contributed by atoms with Gasteiger partial charge >= 0.3 is 6.09 Å². The van der Waals surface area contributed by atoms with Crippen LogP contribution >= 0.6 is 0 Å². The maximum Gasteiger partial charge on any atom is 0.409 e. The zero-order chi connectivity index (χ0) is 20.3. The van der Waals surface area contributed by atoms with Crippen molar-refractivity contribution < 1.29 is 19.1 Å². The topological polar surface area (TPSA) is 104 Å². The van der Waals surface area contributed by atoms with Crippen molar-refractivity contribution in [3.05, 3.63) is 77.6 Å². The number of benzene rings is 3. The number of nitrogen functional groups attached to an aromatic ring is 1. The molecule has 0 unspecified atom stereocenters. The van der Waals surface area contributed by atoms with E-state index in [0.717, 1.165) is 0 Å². The quantitative estimate of drug-likeness (QED) is 0.492. The Balaban J connectivity index is 1.82. The number of rotatable bonds is 4. The predicted octanol–water partition coefficient (Wildman–Crippen LogP) is 4.73. The monoisotopic (exact) mass is 379 g/mol. The molecule has 3 aromatic rings. The highest BCUT2D eigenvalue weighted by atomic mass is 19.1. The lowest BCUT2D eigenvalue weighted by molar-refractivity contribution is 0.102. The van der Waals surface area contributed by atoms with Crippen LogP contribution in [0, 0.1) is 12.7 Å². The second-order valence-electron chi connectivity index (χ2n) is 6.23. The SMILES string of the molecule is Cc1ccc(-c2ccc(N)c(NC(=O)c3ccc(NC(=O)O)cc3)c2)cc1F. The summed E-state index contributed by atoms with van der Waals surface area (Å²) >= 11 is 0. The molecule has 0 bridgehead atoms. The Bertz CT molecular complexity index is 1050. The van der Waals surface area contributed by atoms with Crippen molar-refractivity contribution in [1.82, 2.24) is 0 Å². The first-order valence-corrected chi connectivity index (χ1v) is 8.41. The van der Waals surface area contributed by atoms with Crippen molar-refractivity contribution in [1.29, 1.82) is 0 Å². The van der Waals surface area contributed by atoms with E-state index < -0.39 is 12.0 Å². The highest BCUT2D eigenvalue weighted by molar-refractivity contribution is 6.06. The van der Waals surface area contributed by atoms with Gasteiger partial charge in [0, 0.05) is 11.3 Å². The van der Waals surface area contributed by atoms with Gasteiger partial charge < -0.3 is 16.2 Å². The molecule has 0 saturated carbocycles. The van der Waals surface area contributed by atoms with Crippen molar-refractivity contribution in [3.63, 3.8) is 0 Å². The van der Waals surface area contributed by atoms with Crippen LogP contribution in [0.2, 0.25) is 0 Å². The molecule has 28 heavy (non-hydrogen) atoms. The van der Waals surface area contributed by atoms with Crippen molar-refractivity contribution in [2.24, 2.45) is 0 Å². The average Bonchev–Trinajstić information content (AvgIpc) is 2.66. The van der Waals surface area contributed by atoms with Gasteiger partial charge in [-0.15, -0.1) is 0 Å². The summed E-state index contributed by atoms with van der Waals surface area (Å²) in [6, 6.07) is 15.9. The molecule has 0 saturated heterocycles. The largest absolute Gasteiger partial charge is 0.465 e. The van der Waals surface area contributed by atoms with E-state index in [1.165, 1.54) is 30.3 Å². The van der Waals surface area contributed by atoms with Gasteiger partial charge in [-0.25, -0.2) is 9.18 Å². The van der Waals surface area contributed by atoms with Gasteiger partial charge in [-0.3, -0.25) is 10.1 Å². The van der Waals surface area contributed by atoms with Gasteiger partial charge in [-0.2, -0.15) is 0 Å². The van der Waals surface area contributed by atoms with E-state index in [1.54, 1.807) is 37.3 Å². The number of carboxylic acid groups (broad SMARTS) is 1. The predicted molar refractivity (Wildman–Crippen MR) is 107 cm³/mol. The molecular weight excluding hydrogens is 361 g/mol. The minimum atomic E-state index is -1.19. The number of carbonyl (C=O) groups excluding carboxylic acids is 1. The van der Waals surface area contributed by atoms with Crippen LogP contribution in [-0.2, 0) is 0 Å². The Kier molecular flexibility index (Phi) is 5.26. The number of anilines is 3. The zero-order valence-electron chi connectivity index (χ0n) is 15.0. The summed E-state index contributed by atoms with van der Waals surface area (Å²) in [5.74, 6) is -0.712. The van der Waals surface area contributed by atoms with Gasteiger partial charge in [-0.05, 0) is 66.1 Å². The van der Waals surface area contributed by atoms with E-state index in [4.69, 9.17) is 10.8 Å². The second-order valence-corrected chi connectivity index (χ2v) is 6.23. The summed E-state index contributed by atoms with van der Waals surface area (Å²) in [6.07, 6.45) is -1.19. The molecule has 6 nitrogen and oxygen atoms in total. The van der Waals surface area contributed by atoms with E-state index in [9.17, 15) is 14.0 Å². The molecule has 0 spiro atoms. The molecule has 0 aliphatic rings. The number of amides is 2. The van der Waals surface area contributed by atoms with Crippen molar-refractivity contribution >= 4 is 29.1 Å². The third-order valence-corrected chi connectivity index (χ3v) is 4.21. The number of nitrogens with two attached hydrogens (primary N) is 1. The van der Waals surface area contributed by atoms with Crippen LogP contribution in [0.4, 0.5) is 26.2 Å². The summed E-state index contributed by atoms with van der Waals surface area (Å²) in [7, 11) is 0. The standard InChI is InChI=1S/C21H18FN3O3/c1-12-2-3-14(10-17(12)22)15-6-9-18(23)19(11-15)25-20(26)13-4-7-16(8-5-13)24-21(27)28/h2-11,24H,23H2,1H3,(H,25,26)(H,27,28). The molecule has 2 amide bonds. The molecule has 5 N–H and O–H groups in total. The molecule has 3 rings (SSSR count). The number of halogens is 1. The first-order chi connectivity index (χ1) is 13.3. The average molecular weight is 379 g/mol. The van der Waals surface area contributed by atoms with Gasteiger partial charge in [-0.1, -0.05) is 18.2 Å². The van der Waals surface area contributed by atoms with E-state index in [0.29, 0.717) is 39.3 Å². The molecule has 3 aromatic carbocycles. The molecular formula is C21H18FN3O3. The van der Waals surface area contributed by atoms with Crippen LogP contribution in [0.25, 0.3) is 11.1 Å². The van der Waals surface area contributed by atoms with Crippen LogP contribution < -0.4 is 16.4 Å². The number of nitrogens with one attached hydrogen (secondary N) is 2. The summed E-state index contributed by atoms with van der Waals surface area (Å²) < 4.78 is 13.9. The van der Waals surface area contributed by atoms with Gasteiger partial charge in [0.1, 0.15) is 5.82 Å². The van der Waals surface area contributed by atoms with Crippen LogP contribution in [0.15, 0.2) is 60.7 Å². The summed E-state index contributed by atoms with van der Waals surface area (Å²) in [6.45, 7) is 1.69. The van der Waals surface area contributed by atoms with Crippen LogP contribution in [0.3, 0.4) is 0 Å². The summed E-state index contributed by atoms with van der Waals surface area (Å²) in [5.41, 5.74) is 9.35.